The highest BCUT2D eigenvalue weighted by Gasteiger charge is 2.45. The fraction of sp³-hybridized carbons (Fsp3) is 0.355. The maximum absolute atomic E-state index is 4.69. The normalized spacial score (nSPS) is 30.2. The SMILES string of the molecule is C=C1/C(=C/C2=CCc3ccccc32)CC2=CC(C)C(C(=C)CCC)C(C3=CC=CC3)C12. The van der Waals surface area contributed by atoms with Crippen LogP contribution in [0, 0.1) is 23.7 Å². The Bertz CT molecular complexity index is 1080. The van der Waals surface area contributed by atoms with E-state index in [2.05, 4.69) is 81.1 Å². The van der Waals surface area contributed by atoms with Crippen LogP contribution in [0.3, 0.4) is 0 Å². The van der Waals surface area contributed by atoms with Gasteiger partial charge in [0.25, 0.3) is 0 Å². The number of hydrogen-bond donors (Lipinski definition) is 0. The number of fused-ring (bicyclic) bond motifs is 2. The van der Waals surface area contributed by atoms with E-state index >= 15 is 0 Å². The van der Waals surface area contributed by atoms with Gasteiger partial charge in [0.05, 0.1) is 0 Å². The smallest absolute Gasteiger partial charge is 0.0120 e. The zero-order valence-corrected chi connectivity index (χ0v) is 19.0. The van der Waals surface area contributed by atoms with Crippen LogP contribution in [0.1, 0.15) is 50.7 Å². The third-order valence-corrected chi connectivity index (χ3v) is 7.84. The molecule has 0 aromatic heterocycles. The van der Waals surface area contributed by atoms with E-state index in [0.29, 0.717) is 23.7 Å². The molecule has 0 N–H and O–H groups in total. The minimum atomic E-state index is 0.435. The molecule has 4 aliphatic rings. The summed E-state index contributed by atoms with van der Waals surface area (Å²) in [6, 6.07) is 8.82. The van der Waals surface area contributed by atoms with Gasteiger partial charge in [-0.3, -0.25) is 0 Å². The molecule has 4 unspecified atom stereocenters. The second kappa shape index (κ2) is 8.15. The quantitative estimate of drug-likeness (QED) is 0.432. The number of benzene rings is 1. The monoisotopic (exact) mass is 406 g/mol. The molecule has 4 aliphatic carbocycles. The summed E-state index contributed by atoms with van der Waals surface area (Å²) in [6.07, 6.45) is 19.8. The standard InChI is InChI=1S/C31H34/c1-5-10-20(2)29-21(3)17-27-19-26(18-25-16-15-23-11-8-9-14-28(23)25)22(4)30(27)31(29)24-12-6-7-13-24/h6-9,11-12,14,16-18,21,29-31H,2,4-5,10,13,15,19H2,1,3H3/b26-18+. The van der Waals surface area contributed by atoms with E-state index in [1.807, 2.05) is 0 Å². The highest BCUT2D eigenvalue weighted by atomic mass is 14.5. The summed E-state index contributed by atoms with van der Waals surface area (Å²) in [5.41, 5.74) is 11.6. The van der Waals surface area contributed by atoms with Crippen molar-refractivity contribution < 1.29 is 0 Å². The maximum Gasteiger partial charge on any atom is 0.0120 e. The van der Waals surface area contributed by atoms with Gasteiger partial charge in [-0.05, 0) is 71.3 Å². The molecular weight excluding hydrogens is 372 g/mol. The van der Waals surface area contributed by atoms with Crippen molar-refractivity contribution >= 4 is 5.57 Å². The minimum absolute atomic E-state index is 0.435. The van der Waals surface area contributed by atoms with Gasteiger partial charge in [-0.25, -0.2) is 0 Å². The molecule has 1 fully saturated rings. The predicted molar refractivity (Wildman–Crippen MR) is 134 cm³/mol. The van der Waals surface area contributed by atoms with Crippen LogP contribution >= 0.6 is 0 Å². The van der Waals surface area contributed by atoms with E-state index in [1.54, 1.807) is 11.1 Å². The first kappa shape index (κ1) is 20.3. The van der Waals surface area contributed by atoms with E-state index < -0.39 is 0 Å². The van der Waals surface area contributed by atoms with Crippen LogP contribution in [0.4, 0.5) is 0 Å². The van der Waals surface area contributed by atoms with Crippen LogP contribution in [0.15, 0.2) is 102 Å². The van der Waals surface area contributed by atoms with E-state index in [-0.39, 0.29) is 0 Å². The van der Waals surface area contributed by atoms with Gasteiger partial charge in [0.1, 0.15) is 0 Å². The number of hydrogen-bond acceptors (Lipinski definition) is 0. The van der Waals surface area contributed by atoms with Crippen molar-refractivity contribution in [2.45, 2.75) is 46.0 Å². The van der Waals surface area contributed by atoms with Crippen LogP contribution in [-0.4, -0.2) is 0 Å². The molecule has 0 heteroatoms. The number of rotatable bonds is 5. The van der Waals surface area contributed by atoms with Gasteiger partial charge in [0.2, 0.25) is 0 Å². The second-order valence-electron chi connectivity index (χ2n) is 9.80. The lowest BCUT2D eigenvalue weighted by Gasteiger charge is -2.42. The first-order valence-electron chi connectivity index (χ1n) is 12.0. The average Bonchev–Trinajstić information content (AvgIpc) is 3.48. The van der Waals surface area contributed by atoms with Gasteiger partial charge in [-0.2, -0.15) is 0 Å². The van der Waals surface area contributed by atoms with E-state index in [0.717, 1.165) is 25.7 Å². The van der Waals surface area contributed by atoms with E-state index in [1.165, 1.54) is 39.8 Å². The molecule has 1 aromatic rings. The molecule has 0 spiro atoms. The Morgan fingerprint density at radius 3 is 2.77 bits per heavy atom. The number of allylic oxidation sites excluding steroid dienone is 12. The van der Waals surface area contributed by atoms with Crippen LogP contribution in [0.25, 0.3) is 5.57 Å². The Morgan fingerprint density at radius 1 is 1.16 bits per heavy atom. The molecule has 31 heavy (non-hydrogen) atoms. The summed E-state index contributed by atoms with van der Waals surface area (Å²) in [7, 11) is 0. The molecule has 0 saturated heterocycles. The highest BCUT2D eigenvalue weighted by molar-refractivity contribution is 5.81. The second-order valence-corrected chi connectivity index (χ2v) is 9.80. The van der Waals surface area contributed by atoms with Gasteiger partial charge in [-0.1, -0.05) is 111 Å². The van der Waals surface area contributed by atoms with Crippen molar-refractivity contribution in [3.8, 4) is 0 Å². The molecule has 0 aliphatic heterocycles. The molecule has 1 saturated carbocycles. The van der Waals surface area contributed by atoms with Crippen molar-refractivity contribution in [3.63, 3.8) is 0 Å². The lowest BCUT2D eigenvalue weighted by atomic mass is 9.62. The summed E-state index contributed by atoms with van der Waals surface area (Å²) >= 11 is 0. The van der Waals surface area contributed by atoms with Crippen molar-refractivity contribution in [2.75, 3.05) is 0 Å². The van der Waals surface area contributed by atoms with Crippen LogP contribution in [0.2, 0.25) is 0 Å². The minimum Gasteiger partial charge on any atom is -0.0995 e. The molecule has 0 bridgehead atoms. The van der Waals surface area contributed by atoms with Crippen molar-refractivity contribution in [2.24, 2.45) is 23.7 Å². The topological polar surface area (TPSA) is 0 Å². The van der Waals surface area contributed by atoms with Crippen LogP contribution in [0.5, 0.6) is 0 Å². The lowest BCUT2D eigenvalue weighted by molar-refractivity contribution is 0.281. The Labute approximate surface area is 188 Å². The van der Waals surface area contributed by atoms with Gasteiger partial charge < -0.3 is 0 Å². The van der Waals surface area contributed by atoms with Crippen LogP contribution < -0.4 is 0 Å². The lowest BCUT2D eigenvalue weighted by Crippen LogP contribution is -2.34. The van der Waals surface area contributed by atoms with E-state index in [9.17, 15) is 0 Å². The van der Waals surface area contributed by atoms with Gasteiger partial charge in [0, 0.05) is 5.92 Å². The highest BCUT2D eigenvalue weighted by Crippen LogP contribution is 2.56. The van der Waals surface area contributed by atoms with Gasteiger partial charge in [0.15, 0.2) is 0 Å². The Balaban J connectivity index is 1.52. The first-order chi connectivity index (χ1) is 15.1. The largest absolute Gasteiger partial charge is 0.0995 e. The zero-order chi connectivity index (χ0) is 21.5. The molecule has 0 nitrogen and oxygen atoms in total. The molecular formula is C31H34. The third-order valence-electron chi connectivity index (χ3n) is 7.84. The van der Waals surface area contributed by atoms with Crippen LogP contribution in [-0.2, 0) is 6.42 Å². The van der Waals surface area contributed by atoms with E-state index in [4.69, 9.17) is 6.58 Å². The van der Waals surface area contributed by atoms with Gasteiger partial charge >= 0.3 is 0 Å². The molecule has 158 valence electrons. The molecule has 0 amide bonds. The average molecular weight is 407 g/mol. The maximum atomic E-state index is 4.69. The molecule has 0 heterocycles. The Hall–Kier alpha value is -2.60. The molecule has 0 radical (unpaired) electrons. The molecule has 1 aromatic carbocycles. The summed E-state index contributed by atoms with van der Waals surface area (Å²) in [4.78, 5) is 0. The molecule has 5 rings (SSSR count). The van der Waals surface area contributed by atoms with Crippen molar-refractivity contribution in [1.82, 2.24) is 0 Å². The van der Waals surface area contributed by atoms with Crippen molar-refractivity contribution in [3.05, 3.63) is 113 Å². The fourth-order valence-electron chi connectivity index (χ4n) is 6.50. The van der Waals surface area contributed by atoms with Gasteiger partial charge in [-0.15, -0.1) is 0 Å². The predicted octanol–water partition coefficient (Wildman–Crippen LogP) is 8.18. The molecule has 4 atom stereocenters. The fourth-order valence-corrected chi connectivity index (χ4v) is 6.50. The van der Waals surface area contributed by atoms with Crippen molar-refractivity contribution in [1.29, 1.82) is 0 Å². The Morgan fingerprint density at radius 2 is 2.00 bits per heavy atom. The summed E-state index contributed by atoms with van der Waals surface area (Å²) in [6.45, 7) is 13.9. The summed E-state index contributed by atoms with van der Waals surface area (Å²) < 4.78 is 0. The Kier molecular flexibility index (Phi) is 5.34. The third kappa shape index (κ3) is 3.47. The zero-order valence-electron chi connectivity index (χ0n) is 19.0. The summed E-state index contributed by atoms with van der Waals surface area (Å²) in [5, 5.41) is 0. The first-order valence-corrected chi connectivity index (χ1v) is 12.0. The summed E-state index contributed by atoms with van der Waals surface area (Å²) in [5.74, 6) is 1.99.